The number of hydrogen-bond acceptors (Lipinski definition) is 1. The highest BCUT2D eigenvalue weighted by Crippen LogP contribution is 2.27. The van der Waals surface area contributed by atoms with Crippen LogP contribution in [0.2, 0.25) is 0 Å². The monoisotopic (exact) mass is 205 g/mol. The number of nitrogens with two attached hydrogens (primary N) is 1. The first-order valence-corrected chi connectivity index (χ1v) is 5.35. The van der Waals surface area contributed by atoms with Crippen LogP contribution in [0.4, 0.5) is 0 Å². The lowest BCUT2D eigenvalue weighted by Gasteiger charge is -2.19. The maximum atomic E-state index is 11.0. The van der Waals surface area contributed by atoms with Gasteiger partial charge in [-0.3, -0.25) is 4.79 Å². The maximum Gasteiger partial charge on any atom is 0.218 e. The maximum absolute atomic E-state index is 11.0. The van der Waals surface area contributed by atoms with E-state index in [1.807, 2.05) is 0 Å². The highest BCUT2D eigenvalue weighted by atomic mass is 16.1. The van der Waals surface area contributed by atoms with Gasteiger partial charge < -0.3 is 5.73 Å². The highest BCUT2D eigenvalue weighted by Gasteiger charge is 2.17. The molecule has 0 aliphatic rings. The number of hydrogen-bond donors (Lipinski definition) is 1. The Bertz CT molecular complexity index is 327. The second-order valence-electron chi connectivity index (χ2n) is 4.43. The van der Waals surface area contributed by atoms with Crippen LogP contribution in [-0.4, -0.2) is 5.91 Å². The molecular weight excluding hydrogens is 186 g/mol. The van der Waals surface area contributed by atoms with Crippen molar-refractivity contribution >= 4 is 5.91 Å². The lowest BCUT2D eigenvalue weighted by atomic mass is 9.85. The van der Waals surface area contributed by atoms with Crippen molar-refractivity contribution in [2.45, 2.75) is 33.1 Å². The van der Waals surface area contributed by atoms with Gasteiger partial charge >= 0.3 is 0 Å². The quantitative estimate of drug-likeness (QED) is 0.806. The molecule has 1 rings (SSSR count). The van der Waals surface area contributed by atoms with Crippen LogP contribution >= 0.6 is 0 Å². The number of carbonyl (C=O) groups is 1. The van der Waals surface area contributed by atoms with E-state index in [0.717, 1.165) is 0 Å². The van der Waals surface area contributed by atoms with Gasteiger partial charge in [0.25, 0.3) is 0 Å². The average Bonchev–Trinajstić information content (AvgIpc) is 2.15. The number of aryl methyl sites for hydroxylation is 1. The molecule has 1 atom stereocenters. The summed E-state index contributed by atoms with van der Waals surface area (Å²) in [7, 11) is 0. The Morgan fingerprint density at radius 3 is 2.20 bits per heavy atom. The van der Waals surface area contributed by atoms with Crippen LogP contribution in [0, 0.1) is 12.8 Å². The topological polar surface area (TPSA) is 43.1 Å². The fourth-order valence-corrected chi connectivity index (χ4v) is 1.77. The van der Waals surface area contributed by atoms with Crippen molar-refractivity contribution in [2.24, 2.45) is 11.7 Å². The molecule has 0 spiro atoms. The summed E-state index contributed by atoms with van der Waals surface area (Å²) < 4.78 is 0. The molecule has 0 aliphatic heterocycles. The summed E-state index contributed by atoms with van der Waals surface area (Å²) in [6.07, 6.45) is 0.431. The van der Waals surface area contributed by atoms with Gasteiger partial charge in [-0.1, -0.05) is 43.7 Å². The zero-order valence-electron chi connectivity index (χ0n) is 9.66. The predicted octanol–water partition coefficient (Wildman–Crippen LogP) is 2.61. The van der Waals surface area contributed by atoms with Crippen molar-refractivity contribution in [3.8, 4) is 0 Å². The third-order valence-electron chi connectivity index (χ3n) is 2.73. The number of benzene rings is 1. The van der Waals surface area contributed by atoms with Crippen LogP contribution < -0.4 is 5.73 Å². The third kappa shape index (κ3) is 3.39. The van der Waals surface area contributed by atoms with E-state index in [2.05, 4.69) is 45.0 Å². The lowest BCUT2D eigenvalue weighted by molar-refractivity contribution is -0.118. The summed E-state index contributed by atoms with van der Waals surface area (Å²) in [6.45, 7) is 6.29. The van der Waals surface area contributed by atoms with Crippen LogP contribution in [-0.2, 0) is 4.79 Å². The molecule has 0 bridgehead atoms. The molecule has 0 aliphatic carbocycles. The van der Waals surface area contributed by atoms with E-state index < -0.39 is 0 Å². The van der Waals surface area contributed by atoms with Gasteiger partial charge in [0.1, 0.15) is 0 Å². The number of amides is 1. The number of carbonyl (C=O) groups excluding carboxylic acids is 1. The average molecular weight is 205 g/mol. The van der Waals surface area contributed by atoms with E-state index in [9.17, 15) is 4.79 Å². The Labute approximate surface area is 91.5 Å². The molecule has 0 heterocycles. The van der Waals surface area contributed by atoms with Crippen molar-refractivity contribution in [3.63, 3.8) is 0 Å². The Morgan fingerprint density at radius 2 is 1.80 bits per heavy atom. The molecule has 2 N–H and O–H groups in total. The van der Waals surface area contributed by atoms with Crippen LogP contribution in [0.1, 0.15) is 37.3 Å². The molecule has 1 unspecified atom stereocenters. The minimum absolute atomic E-state index is 0.228. The summed E-state index contributed by atoms with van der Waals surface area (Å²) >= 11 is 0. The van der Waals surface area contributed by atoms with Gasteiger partial charge in [0, 0.05) is 6.42 Å². The Kier molecular flexibility index (Phi) is 3.89. The van der Waals surface area contributed by atoms with Gasteiger partial charge in [-0.15, -0.1) is 0 Å². The van der Waals surface area contributed by atoms with Crippen LogP contribution in [0.3, 0.4) is 0 Å². The minimum Gasteiger partial charge on any atom is -0.370 e. The number of primary amides is 1. The summed E-state index contributed by atoms with van der Waals surface area (Å²) in [5, 5.41) is 0. The van der Waals surface area contributed by atoms with E-state index >= 15 is 0 Å². The zero-order chi connectivity index (χ0) is 11.4. The Hall–Kier alpha value is -1.31. The second-order valence-corrected chi connectivity index (χ2v) is 4.43. The number of rotatable bonds is 4. The van der Waals surface area contributed by atoms with Crippen molar-refractivity contribution in [1.82, 2.24) is 0 Å². The summed E-state index contributed by atoms with van der Waals surface area (Å²) in [5.41, 5.74) is 7.70. The van der Waals surface area contributed by atoms with E-state index in [-0.39, 0.29) is 11.8 Å². The first-order valence-electron chi connectivity index (χ1n) is 5.35. The molecule has 0 saturated carbocycles. The van der Waals surface area contributed by atoms with Crippen LogP contribution in [0.5, 0.6) is 0 Å². The third-order valence-corrected chi connectivity index (χ3v) is 2.73. The van der Waals surface area contributed by atoms with E-state index in [4.69, 9.17) is 5.73 Å². The zero-order valence-corrected chi connectivity index (χ0v) is 9.66. The van der Waals surface area contributed by atoms with Gasteiger partial charge in [0.05, 0.1) is 0 Å². The minimum atomic E-state index is -0.228. The van der Waals surface area contributed by atoms with Gasteiger partial charge in [-0.05, 0) is 24.3 Å². The molecular formula is C13H19NO. The smallest absolute Gasteiger partial charge is 0.218 e. The molecule has 1 aromatic carbocycles. The van der Waals surface area contributed by atoms with Crippen molar-refractivity contribution in [3.05, 3.63) is 35.4 Å². The molecule has 2 nitrogen and oxygen atoms in total. The largest absolute Gasteiger partial charge is 0.370 e. The van der Waals surface area contributed by atoms with Gasteiger partial charge in [0.15, 0.2) is 0 Å². The summed E-state index contributed by atoms with van der Waals surface area (Å²) in [5.74, 6) is 0.442. The first kappa shape index (κ1) is 11.8. The second kappa shape index (κ2) is 4.96. The SMILES string of the molecule is Cc1ccc(C(CC(N)=O)C(C)C)cc1. The lowest BCUT2D eigenvalue weighted by Crippen LogP contribution is -2.18. The molecule has 0 aromatic heterocycles. The molecule has 15 heavy (non-hydrogen) atoms. The standard InChI is InChI=1S/C13H19NO/c1-9(2)12(8-13(14)15)11-6-4-10(3)5-7-11/h4-7,9,12H,8H2,1-3H3,(H2,14,15). The van der Waals surface area contributed by atoms with Gasteiger partial charge in [-0.25, -0.2) is 0 Å². The molecule has 0 fully saturated rings. The van der Waals surface area contributed by atoms with Crippen LogP contribution in [0.15, 0.2) is 24.3 Å². The molecule has 1 amide bonds. The molecule has 2 heteroatoms. The van der Waals surface area contributed by atoms with Crippen molar-refractivity contribution in [2.75, 3.05) is 0 Å². The van der Waals surface area contributed by atoms with Crippen molar-refractivity contribution < 1.29 is 4.79 Å². The van der Waals surface area contributed by atoms with Gasteiger partial charge in [-0.2, -0.15) is 0 Å². The van der Waals surface area contributed by atoms with Crippen molar-refractivity contribution in [1.29, 1.82) is 0 Å². The van der Waals surface area contributed by atoms with E-state index in [0.29, 0.717) is 12.3 Å². The predicted molar refractivity (Wildman–Crippen MR) is 62.6 cm³/mol. The summed E-state index contributed by atoms with van der Waals surface area (Å²) in [6, 6.07) is 8.32. The molecule has 82 valence electrons. The van der Waals surface area contributed by atoms with E-state index in [1.54, 1.807) is 0 Å². The van der Waals surface area contributed by atoms with E-state index in [1.165, 1.54) is 11.1 Å². The molecule has 0 saturated heterocycles. The Morgan fingerprint density at radius 1 is 1.27 bits per heavy atom. The van der Waals surface area contributed by atoms with Gasteiger partial charge in [0.2, 0.25) is 5.91 Å². The molecule has 0 radical (unpaired) electrons. The summed E-state index contributed by atoms with van der Waals surface area (Å²) in [4.78, 5) is 11.0. The fourth-order valence-electron chi connectivity index (χ4n) is 1.77. The fraction of sp³-hybridized carbons (Fsp3) is 0.462. The van der Waals surface area contributed by atoms with Crippen LogP contribution in [0.25, 0.3) is 0 Å². The first-order chi connectivity index (χ1) is 7.00. The molecule has 1 aromatic rings. The highest BCUT2D eigenvalue weighted by molar-refractivity contribution is 5.74. The Balaban J connectivity index is 2.88. The normalized spacial score (nSPS) is 12.8.